The number of sulfonamides is 1. The third kappa shape index (κ3) is 4.59. The highest BCUT2D eigenvalue weighted by Crippen LogP contribution is 2.18. The molecule has 1 heterocycles. The molecule has 0 aromatic heterocycles. The predicted molar refractivity (Wildman–Crippen MR) is 97.0 cm³/mol. The molecule has 138 valence electrons. The molecule has 0 spiro atoms. The first-order chi connectivity index (χ1) is 12.4. The zero-order chi connectivity index (χ0) is 18.6. The van der Waals surface area contributed by atoms with Gasteiger partial charge in [-0.15, -0.1) is 0 Å². The Balaban J connectivity index is 1.74. The minimum atomic E-state index is -3.88. The maximum absolute atomic E-state index is 13.0. The van der Waals surface area contributed by atoms with Crippen LogP contribution in [0.1, 0.15) is 23.2 Å². The van der Waals surface area contributed by atoms with Crippen molar-refractivity contribution in [3.05, 3.63) is 59.9 Å². The molecule has 3 N–H and O–H groups in total. The van der Waals surface area contributed by atoms with Crippen molar-refractivity contribution in [2.24, 2.45) is 0 Å². The van der Waals surface area contributed by atoms with Gasteiger partial charge in [-0.2, -0.15) is 0 Å². The Kier molecular flexibility index (Phi) is 5.53. The summed E-state index contributed by atoms with van der Waals surface area (Å²) in [5, 5.41) is 6.12. The van der Waals surface area contributed by atoms with E-state index in [9.17, 15) is 17.6 Å². The molecule has 1 aliphatic rings. The van der Waals surface area contributed by atoms with E-state index >= 15 is 0 Å². The van der Waals surface area contributed by atoms with Crippen LogP contribution < -0.4 is 15.4 Å². The average molecular weight is 377 g/mol. The topological polar surface area (TPSA) is 87.3 Å². The number of nitrogens with one attached hydrogen (secondary N) is 3. The highest BCUT2D eigenvalue weighted by molar-refractivity contribution is 7.92. The van der Waals surface area contributed by atoms with Gasteiger partial charge in [-0.3, -0.25) is 9.52 Å². The molecule has 0 saturated carbocycles. The lowest BCUT2D eigenvalue weighted by molar-refractivity contribution is 0.0930. The molecule has 1 amide bonds. The standard InChI is InChI=1S/C18H20FN3O3S/c19-14-6-8-15(9-7-14)22-26(24,25)17-5-1-3-13(11-17)18(23)21-16-4-2-10-20-12-16/h1,3,5-9,11,16,20,22H,2,4,10,12H2,(H,21,23). The molecule has 6 nitrogen and oxygen atoms in total. The molecule has 0 bridgehead atoms. The highest BCUT2D eigenvalue weighted by Gasteiger charge is 2.19. The van der Waals surface area contributed by atoms with Crippen LogP contribution in [0.4, 0.5) is 10.1 Å². The fraction of sp³-hybridized carbons (Fsp3) is 0.278. The number of carbonyl (C=O) groups is 1. The summed E-state index contributed by atoms with van der Waals surface area (Å²) in [6.45, 7) is 1.64. The van der Waals surface area contributed by atoms with Crippen molar-refractivity contribution in [1.82, 2.24) is 10.6 Å². The minimum absolute atomic E-state index is 0.0313. The van der Waals surface area contributed by atoms with Gasteiger partial charge in [0.15, 0.2) is 0 Å². The zero-order valence-electron chi connectivity index (χ0n) is 14.0. The van der Waals surface area contributed by atoms with Crippen LogP contribution in [0.2, 0.25) is 0 Å². The summed E-state index contributed by atoms with van der Waals surface area (Å²) in [6, 6.07) is 10.9. The van der Waals surface area contributed by atoms with E-state index < -0.39 is 15.8 Å². The molecular weight excluding hydrogens is 357 g/mol. The number of rotatable bonds is 5. The van der Waals surface area contributed by atoms with Gasteiger partial charge in [0.25, 0.3) is 15.9 Å². The third-order valence-corrected chi connectivity index (χ3v) is 5.51. The van der Waals surface area contributed by atoms with Crippen molar-refractivity contribution in [3.8, 4) is 0 Å². The Morgan fingerprint density at radius 1 is 1.15 bits per heavy atom. The molecule has 3 rings (SSSR count). The number of hydrogen-bond donors (Lipinski definition) is 3. The maximum atomic E-state index is 13.0. The van der Waals surface area contributed by atoms with Gasteiger partial charge in [0.1, 0.15) is 5.82 Å². The first-order valence-electron chi connectivity index (χ1n) is 8.34. The van der Waals surface area contributed by atoms with Crippen LogP contribution in [0.15, 0.2) is 53.4 Å². The quantitative estimate of drug-likeness (QED) is 0.745. The molecule has 26 heavy (non-hydrogen) atoms. The third-order valence-electron chi connectivity index (χ3n) is 4.14. The van der Waals surface area contributed by atoms with Crippen LogP contribution >= 0.6 is 0 Å². The molecule has 8 heteroatoms. The Morgan fingerprint density at radius 2 is 1.92 bits per heavy atom. The van der Waals surface area contributed by atoms with Gasteiger partial charge in [-0.1, -0.05) is 6.07 Å². The van der Waals surface area contributed by atoms with Crippen LogP contribution in [-0.4, -0.2) is 33.5 Å². The number of anilines is 1. The van der Waals surface area contributed by atoms with Crippen molar-refractivity contribution >= 4 is 21.6 Å². The summed E-state index contributed by atoms with van der Waals surface area (Å²) in [5.41, 5.74) is 0.520. The molecule has 1 saturated heterocycles. The van der Waals surface area contributed by atoms with E-state index in [1.807, 2.05) is 0 Å². The Bertz CT molecular complexity index is 879. The predicted octanol–water partition coefficient (Wildman–Crippen LogP) is 2.11. The molecule has 1 atom stereocenters. The molecule has 1 unspecified atom stereocenters. The largest absolute Gasteiger partial charge is 0.348 e. The average Bonchev–Trinajstić information content (AvgIpc) is 2.64. The molecule has 0 radical (unpaired) electrons. The summed E-state index contributed by atoms with van der Waals surface area (Å²) in [4.78, 5) is 12.4. The first kappa shape index (κ1) is 18.3. The van der Waals surface area contributed by atoms with E-state index in [0.717, 1.165) is 19.4 Å². The van der Waals surface area contributed by atoms with Gasteiger partial charge in [0.2, 0.25) is 0 Å². The lowest BCUT2D eigenvalue weighted by Gasteiger charge is -2.23. The van der Waals surface area contributed by atoms with Crippen LogP contribution in [-0.2, 0) is 10.0 Å². The fourth-order valence-corrected chi connectivity index (χ4v) is 3.88. The van der Waals surface area contributed by atoms with Gasteiger partial charge >= 0.3 is 0 Å². The summed E-state index contributed by atoms with van der Waals surface area (Å²) in [6.07, 6.45) is 1.88. The maximum Gasteiger partial charge on any atom is 0.261 e. The second kappa shape index (κ2) is 7.84. The number of hydrogen-bond acceptors (Lipinski definition) is 4. The van der Waals surface area contributed by atoms with E-state index in [-0.39, 0.29) is 28.1 Å². The van der Waals surface area contributed by atoms with Gasteiger partial charge < -0.3 is 10.6 Å². The second-order valence-corrected chi connectivity index (χ2v) is 7.84. The van der Waals surface area contributed by atoms with E-state index in [0.29, 0.717) is 6.54 Å². The lowest BCUT2D eigenvalue weighted by Crippen LogP contribution is -2.45. The minimum Gasteiger partial charge on any atom is -0.348 e. The second-order valence-electron chi connectivity index (χ2n) is 6.16. The van der Waals surface area contributed by atoms with E-state index in [1.54, 1.807) is 6.07 Å². The number of carbonyl (C=O) groups excluding carboxylic acids is 1. The summed E-state index contributed by atoms with van der Waals surface area (Å²) in [7, 11) is -3.88. The smallest absolute Gasteiger partial charge is 0.261 e. The van der Waals surface area contributed by atoms with Crippen molar-refractivity contribution in [1.29, 1.82) is 0 Å². The number of amides is 1. The Hall–Kier alpha value is -2.45. The highest BCUT2D eigenvalue weighted by atomic mass is 32.2. The molecule has 2 aromatic rings. The van der Waals surface area contributed by atoms with Gasteiger partial charge in [0, 0.05) is 23.8 Å². The number of benzene rings is 2. The van der Waals surface area contributed by atoms with Crippen molar-refractivity contribution in [3.63, 3.8) is 0 Å². The first-order valence-corrected chi connectivity index (χ1v) is 9.82. The van der Waals surface area contributed by atoms with Gasteiger partial charge in [-0.25, -0.2) is 12.8 Å². The van der Waals surface area contributed by atoms with Crippen molar-refractivity contribution in [2.45, 2.75) is 23.8 Å². The molecule has 2 aromatic carbocycles. The molecule has 1 aliphatic heterocycles. The SMILES string of the molecule is O=C(NC1CCCNC1)c1cccc(S(=O)(=O)Nc2ccc(F)cc2)c1. The van der Waals surface area contributed by atoms with E-state index in [1.165, 1.54) is 42.5 Å². The van der Waals surface area contributed by atoms with Crippen molar-refractivity contribution < 1.29 is 17.6 Å². The van der Waals surface area contributed by atoms with Gasteiger partial charge in [0.05, 0.1) is 4.90 Å². The van der Waals surface area contributed by atoms with Gasteiger partial charge in [-0.05, 0) is 61.9 Å². The molecular formula is C18H20FN3O3S. The summed E-state index contributed by atoms with van der Waals surface area (Å²) >= 11 is 0. The Labute approximate surface area is 151 Å². The Morgan fingerprint density at radius 3 is 2.62 bits per heavy atom. The monoisotopic (exact) mass is 377 g/mol. The van der Waals surface area contributed by atoms with E-state index in [4.69, 9.17) is 0 Å². The normalized spacial score (nSPS) is 17.5. The van der Waals surface area contributed by atoms with Crippen LogP contribution in [0, 0.1) is 5.82 Å². The van der Waals surface area contributed by atoms with E-state index in [2.05, 4.69) is 15.4 Å². The summed E-state index contributed by atoms with van der Waals surface area (Å²) in [5.74, 6) is -0.763. The number of piperidine rings is 1. The van der Waals surface area contributed by atoms with Crippen LogP contribution in [0.3, 0.4) is 0 Å². The fourth-order valence-electron chi connectivity index (χ4n) is 2.78. The molecule has 1 fully saturated rings. The van der Waals surface area contributed by atoms with Crippen LogP contribution in [0.25, 0.3) is 0 Å². The molecule has 0 aliphatic carbocycles. The van der Waals surface area contributed by atoms with Crippen molar-refractivity contribution in [2.75, 3.05) is 17.8 Å². The zero-order valence-corrected chi connectivity index (χ0v) is 14.9. The summed E-state index contributed by atoms with van der Waals surface area (Å²) < 4.78 is 40.3. The number of halogens is 1. The lowest BCUT2D eigenvalue weighted by atomic mass is 10.1. The van der Waals surface area contributed by atoms with Crippen LogP contribution in [0.5, 0.6) is 0 Å².